The number of benzene rings is 2. The molecule has 4 rings (SSSR count). The zero-order valence-corrected chi connectivity index (χ0v) is 15.8. The first kappa shape index (κ1) is 19.2. The van der Waals surface area contributed by atoms with Gasteiger partial charge in [-0.05, 0) is 54.1 Å². The van der Waals surface area contributed by atoms with E-state index in [4.69, 9.17) is 4.74 Å². The largest absolute Gasteiger partial charge is 0.487 e. The summed E-state index contributed by atoms with van der Waals surface area (Å²) < 4.78 is 20.3. The molecule has 2 heterocycles. The summed E-state index contributed by atoms with van der Waals surface area (Å²) in [6.45, 7) is 1.63. The Labute approximate surface area is 168 Å². The van der Waals surface area contributed by atoms with Gasteiger partial charge in [-0.1, -0.05) is 6.07 Å². The molecule has 8 nitrogen and oxygen atoms in total. The lowest BCUT2D eigenvalue weighted by atomic mass is 10.1. The molecule has 0 aliphatic carbocycles. The highest BCUT2D eigenvalue weighted by Crippen LogP contribution is 2.22. The Morgan fingerprint density at radius 3 is 2.77 bits per heavy atom. The number of halogens is 1. The van der Waals surface area contributed by atoms with Crippen LogP contribution in [0.1, 0.15) is 11.3 Å². The number of pyridine rings is 1. The number of nitrogens with zero attached hydrogens (tertiary/aromatic N) is 3. The van der Waals surface area contributed by atoms with Crippen LogP contribution in [-0.2, 0) is 6.61 Å². The first-order chi connectivity index (χ1) is 14.5. The van der Waals surface area contributed by atoms with Crippen LogP contribution in [0.25, 0.3) is 16.6 Å². The van der Waals surface area contributed by atoms with E-state index >= 15 is 0 Å². The number of fused-ring (bicyclic) bond motifs is 1. The second-order valence-corrected chi connectivity index (χ2v) is 6.56. The molecule has 0 aliphatic heterocycles. The Bertz CT molecular complexity index is 1390. The van der Waals surface area contributed by atoms with Crippen LogP contribution >= 0.6 is 0 Å². The number of rotatable bonds is 5. The van der Waals surface area contributed by atoms with Crippen molar-refractivity contribution in [1.82, 2.24) is 14.5 Å². The van der Waals surface area contributed by atoms with Gasteiger partial charge in [0.05, 0.1) is 16.6 Å². The summed E-state index contributed by atoms with van der Waals surface area (Å²) in [6, 6.07) is 11.8. The number of aryl methyl sites for hydroxylation is 1. The van der Waals surface area contributed by atoms with E-state index in [1.165, 1.54) is 42.6 Å². The Balaban J connectivity index is 1.77. The van der Waals surface area contributed by atoms with E-state index < -0.39 is 17.1 Å². The molecule has 2 aromatic heterocycles. The summed E-state index contributed by atoms with van der Waals surface area (Å²) in [6.07, 6.45) is 1.46. The maximum absolute atomic E-state index is 13.7. The fourth-order valence-electron chi connectivity index (χ4n) is 3.08. The molecule has 0 spiro atoms. The molecule has 0 aliphatic rings. The topological polar surface area (TPSA) is 106 Å². The van der Waals surface area contributed by atoms with Crippen LogP contribution in [0.15, 0.2) is 69.5 Å². The molecule has 2 aromatic carbocycles. The number of H-pyrrole nitrogens is 1. The lowest BCUT2D eigenvalue weighted by Crippen LogP contribution is -2.34. The van der Waals surface area contributed by atoms with Crippen LogP contribution in [0.4, 0.5) is 10.1 Å². The van der Waals surface area contributed by atoms with Gasteiger partial charge in [-0.25, -0.2) is 13.8 Å². The van der Waals surface area contributed by atoms with Crippen molar-refractivity contribution in [1.29, 1.82) is 0 Å². The number of ether oxygens (including phenoxy) is 1. The normalized spacial score (nSPS) is 10.9. The standard InChI is InChI=1S/C21H15FN4O4/c1-12-4-6-14(30-11-18-16(22)3-2-8-23-18)10-19(12)26-20(27)15-7-5-13(25-29)9-17(15)24-21(26)28/h2-10H,11H2,1H3,(H,24,28). The van der Waals surface area contributed by atoms with Gasteiger partial charge in [-0.3, -0.25) is 9.78 Å². The summed E-state index contributed by atoms with van der Waals surface area (Å²) in [4.78, 5) is 42.8. The van der Waals surface area contributed by atoms with Gasteiger partial charge in [-0.2, -0.15) is 0 Å². The van der Waals surface area contributed by atoms with Crippen LogP contribution in [-0.4, -0.2) is 14.5 Å². The van der Waals surface area contributed by atoms with Crippen LogP contribution in [0.5, 0.6) is 5.75 Å². The van der Waals surface area contributed by atoms with E-state index in [1.54, 1.807) is 19.1 Å². The monoisotopic (exact) mass is 406 g/mol. The van der Waals surface area contributed by atoms with Crippen LogP contribution < -0.4 is 16.0 Å². The molecule has 0 fully saturated rings. The lowest BCUT2D eigenvalue weighted by Gasteiger charge is -2.12. The highest BCUT2D eigenvalue weighted by atomic mass is 19.1. The van der Waals surface area contributed by atoms with E-state index in [9.17, 15) is 18.9 Å². The average molecular weight is 406 g/mol. The lowest BCUT2D eigenvalue weighted by molar-refractivity contribution is 0.294. The van der Waals surface area contributed by atoms with Gasteiger partial charge in [-0.15, -0.1) is 4.91 Å². The molecule has 150 valence electrons. The fourth-order valence-corrected chi connectivity index (χ4v) is 3.08. The Morgan fingerprint density at radius 1 is 1.17 bits per heavy atom. The minimum absolute atomic E-state index is 0.101. The van der Waals surface area contributed by atoms with Gasteiger partial charge >= 0.3 is 5.69 Å². The van der Waals surface area contributed by atoms with E-state index in [1.807, 2.05) is 0 Å². The Morgan fingerprint density at radius 2 is 2.00 bits per heavy atom. The smallest absolute Gasteiger partial charge is 0.333 e. The highest BCUT2D eigenvalue weighted by molar-refractivity contribution is 5.80. The fraction of sp³-hybridized carbons (Fsp3) is 0.0952. The number of hydrogen-bond donors (Lipinski definition) is 1. The molecule has 0 amide bonds. The van der Waals surface area contributed by atoms with Crippen molar-refractivity contribution in [3.8, 4) is 11.4 Å². The van der Waals surface area contributed by atoms with E-state index in [0.29, 0.717) is 17.0 Å². The summed E-state index contributed by atoms with van der Waals surface area (Å²) in [7, 11) is 0. The summed E-state index contributed by atoms with van der Waals surface area (Å²) in [5.41, 5.74) is 0.204. The van der Waals surface area contributed by atoms with Crippen molar-refractivity contribution in [2.75, 3.05) is 0 Å². The zero-order chi connectivity index (χ0) is 21.3. The molecule has 0 atom stereocenters. The maximum Gasteiger partial charge on any atom is 0.333 e. The van der Waals surface area contributed by atoms with Crippen LogP contribution in [0.2, 0.25) is 0 Å². The number of aromatic nitrogens is 3. The third-order valence-electron chi connectivity index (χ3n) is 4.62. The molecular weight excluding hydrogens is 391 g/mol. The molecule has 9 heteroatoms. The first-order valence-corrected chi connectivity index (χ1v) is 8.93. The van der Waals surface area contributed by atoms with Gasteiger partial charge in [0.15, 0.2) is 0 Å². The SMILES string of the molecule is Cc1ccc(OCc2ncccc2F)cc1-n1c(=O)[nH]c2cc(N=O)ccc2c1=O. The minimum Gasteiger partial charge on any atom is -0.487 e. The van der Waals surface area contributed by atoms with Crippen molar-refractivity contribution in [2.24, 2.45) is 5.18 Å². The van der Waals surface area contributed by atoms with E-state index in [0.717, 1.165) is 4.57 Å². The van der Waals surface area contributed by atoms with Crippen molar-refractivity contribution >= 4 is 16.6 Å². The molecule has 0 bridgehead atoms. The van der Waals surface area contributed by atoms with Gasteiger partial charge in [0, 0.05) is 12.3 Å². The molecule has 4 aromatic rings. The second kappa shape index (κ2) is 7.70. The molecule has 30 heavy (non-hydrogen) atoms. The number of nitroso groups, excluding NO2 is 1. The number of hydrogen-bond acceptors (Lipinski definition) is 6. The van der Waals surface area contributed by atoms with Crippen molar-refractivity contribution in [2.45, 2.75) is 13.5 Å². The quantitative estimate of drug-likeness (QED) is 0.511. The summed E-state index contributed by atoms with van der Waals surface area (Å²) in [5, 5.41) is 3.03. The molecule has 0 unspecified atom stereocenters. The Kier molecular flexibility index (Phi) is 4.93. The predicted octanol–water partition coefficient (Wildman–Crippen LogP) is 3.50. The first-order valence-electron chi connectivity index (χ1n) is 8.93. The number of nitrogens with one attached hydrogen (secondary N) is 1. The second-order valence-electron chi connectivity index (χ2n) is 6.56. The minimum atomic E-state index is -0.674. The Hall–Kier alpha value is -4.14. The van der Waals surface area contributed by atoms with E-state index in [2.05, 4.69) is 15.1 Å². The highest BCUT2D eigenvalue weighted by Gasteiger charge is 2.14. The van der Waals surface area contributed by atoms with Crippen molar-refractivity contribution in [3.63, 3.8) is 0 Å². The van der Waals surface area contributed by atoms with Gasteiger partial charge < -0.3 is 9.72 Å². The van der Waals surface area contributed by atoms with Gasteiger partial charge in [0.1, 0.15) is 29.6 Å². The predicted molar refractivity (Wildman–Crippen MR) is 109 cm³/mol. The summed E-state index contributed by atoms with van der Waals surface area (Å²) >= 11 is 0. The molecular formula is C21H15FN4O4. The van der Waals surface area contributed by atoms with Gasteiger partial charge in [0.25, 0.3) is 5.56 Å². The molecule has 1 N–H and O–H groups in total. The summed E-state index contributed by atoms with van der Waals surface area (Å²) in [5.74, 6) is -0.149. The third kappa shape index (κ3) is 3.48. The van der Waals surface area contributed by atoms with Gasteiger partial charge in [0.2, 0.25) is 0 Å². The van der Waals surface area contributed by atoms with Crippen molar-refractivity contribution in [3.05, 3.63) is 97.5 Å². The van der Waals surface area contributed by atoms with Crippen LogP contribution in [0.3, 0.4) is 0 Å². The van der Waals surface area contributed by atoms with E-state index in [-0.39, 0.29) is 28.9 Å². The zero-order valence-electron chi connectivity index (χ0n) is 15.8. The van der Waals surface area contributed by atoms with Crippen molar-refractivity contribution < 1.29 is 9.13 Å². The number of aromatic amines is 1. The third-order valence-corrected chi connectivity index (χ3v) is 4.62. The molecule has 0 radical (unpaired) electrons. The average Bonchev–Trinajstić information content (AvgIpc) is 2.74. The maximum atomic E-state index is 13.7. The van der Waals surface area contributed by atoms with Crippen LogP contribution in [0, 0.1) is 17.6 Å². The molecule has 0 saturated carbocycles. The molecule has 0 saturated heterocycles.